The molecular weight excluding hydrogens is 380 g/mol. The summed E-state index contributed by atoms with van der Waals surface area (Å²) in [5.41, 5.74) is 2.07. The fourth-order valence-electron chi connectivity index (χ4n) is 3.52. The fourth-order valence-corrected chi connectivity index (χ4v) is 4.76. The van der Waals surface area contributed by atoms with Crippen molar-refractivity contribution in [2.75, 3.05) is 27.7 Å². The first-order valence-corrected chi connectivity index (χ1v) is 9.58. The van der Waals surface area contributed by atoms with Gasteiger partial charge in [-0.2, -0.15) is 0 Å². The number of nitrogens with zero attached hydrogens (tertiary/aromatic N) is 2. The zero-order valence-corrected chi connectivity index (χ0v) is 17.3. The first kappa shape index (κ1) is 19.7. The van der Waals surface area contributed by atoms with E-state index in [2.05, 4.69) is 35.7 Å². The predicted octanol–water partition coefficient (Wildman–Crippen LogP) is 4.75. The van der Waals surface area contributed by atoms with E-state index in [0.717, 1.165) is 56.5 Å². The standard InChI is InChI=1S/C21H22N2O2S.ClH/c1-22(2)11-6-12-23-17-8-5-4-7-15(17)21-19(23)20(24)16-10-9-14(25-3)13-18(16)26-21;/h4-5,7-10,13H,6,11-12H2,1-3H3;1H. The topological polar surface area (TPSA) is 34.5 Å². The molecule has 4 rings (SSSR count). The monoisotopic (exact) mass is 402 g/mol. The summed E-state index contributed by atoms with van der Waals surface area (Å²) in [6.45, 7) is 1.84. The quantitative estimate of drug-likeness (QED) is 0.483. The Morgan fingerprint density at radius 2 is 1.89 bits per heavy atom. The third kappa shape index (κ3) is 3.43. The van der Waals surface area contributed by atoms with Gasteiger partial charge in [0.15, 0.2) is 0 Å². The molecule has 6 heteroatoms. The Balaban J connectivity index is 0.00000210. The van der Waals surface area contributed by atoms with Gasteiger partial charge < -0.3 is 14.2 Å². The van der Waals surface area contributed by atoms with Crippen molar-refractivity contribution in [2.24, 2.45) is 0 Å². The second-order valence-corrected chi connectivity index (χ2v) is 7.85. The average molecular weight is 403 g/mol. The third-order valence-electron chi connectivity index (χ3n) is 4.77. The van der Waals surface area contributed by atoms with Crippen LogP contribution in [0.2, 0.25) is 0 Å². The van der Waals surface area contributed by atoms with Crippen molar-refractivity contribution in [2.45, 2.75) is 13.0 Å². The van der Waals surface area contributed by atoms with E-state index >= 15 is 0 Å². The van der Waals surface area contributed by atoms with Crippen molar-refractivity contribution >= 4 is 54.9 Å². The summed E-state index contributed by atoms with van der Waals surface area (Å²) in [7, 11) is 5.81. The van der Waals surface area contributed by atoms with Gasteiger partial charge in [0.25, 0.3) is 0 Å². The summed E-state index contributed by atoms with van der Waals surface area (Å²) in [4.78, 5) is 15.5. The Labute approximate surface area is 168 Å². The molecule has 0 radical (unpaired) electrons. The van der Waals surface area contributed by atoms with E-state index in [-0.39, 0.29) is 17.8 Å². The molecule has 0 saturated carbocycles. The smallest absolute Gasteiger partial charge is 0.212 e. The Kier molecular flexibility index (Phi) is 5.75. The van der Waals surface area contributed by atoms with Gasteiger partial charge in [-0.15, -0.1) is 23.7 Å². The maximum Gasteiger partial charge on any atom is 0.212 e. The van der Waals surface area contributed by atoms with E-state index in [0.29, 0.717) is 0 Å². The molecule has 2 aromatic carbocycles. The van der Waals surface area contributed by atoms with Gasteiger partial charge in [-0.05, 0) is 51.3 Å². The van der Waals surface area contributed by atoms with E-state index in [4.69, 9.17) is 4.74 Å². The van der Waals surface area contributed by atoms with Crippen LogP contribution in [0, 0.1) is 0 Å². The van der Waals surface area contributed by atoms with Crippen LogP contribution in [0.3, 0.4) is 0 Å². The Hall–Kier alpha value is -2.08. The van der Waals surface area contributed by atoms with Crippen LogP contribution < -0.4 is 10.2 Å². The molecule has 0 spiro atoms. The maximum atomic E-state index is 13.3. The molecule has 142 valence electrons. The normalized spacial score (nSPS) is 11.4. The molecule has 0 atom stereocenters. The summed E-state index contributed by atoms with van der Waals surface area (Å²) in [5, 5.41) is 1.92. The lowest BCUT2D eigenvalue weighted by Crippen LogP contribution is -2.16. The van der Waals surface area contributed by atoms with E-state index in [1.165, 1.54) is 0 Å². The molecule has 2 heterocycles. The van der Waals surface area contributed by atoms with E-state index < -0.39 is 0 Å². The Morgan fingerprint density at radius 3 is 2.63 bits per heavy atom. The molecule has 0 fully saturated rings. The number of methoxy groups -OCH3 is 1. The van der Waals surface area contributed by atoms with Crippen LogP contribution in [-0.4, -0.2) is 37.2 Å². The number of para-hydroxylation sites is 1. The van der Waals surface area contributed by atoms with Gasteiger partial charge in [0.1, 0.15) is 11.3 Å². The fraction of sp³-hybridized carbons (Fsp3) is 0.286. The molecule has 0 N–H and O–H groups in total. The van der Waals surface area contributed by atoms with Gasteiger partial charge in [-0.3, -0.25) is 4.79 Å². The summed E-state index contributed by atoms with van der Waals surface area (Å²) in [6, 6.07) is 14.0. The van der Waals surface area contributed by atoms with E-state index in [1.807, 2.05) is 30.3 Å². The summed E-state index contributed by atoms with van der Waals surface area (Å²) >= 11 is 1.67. The van der Waals surface area contributed by atoms with Crippen LogP contribution >= 0.6 is 23.7 Å². The van der Waals surface area contributed by atoms with Crippen molar-refractivity contribution in [1.29, 1.82) is 0 Å². The molecule has 4 aromatic rings. The van der Waals surface area contributed by atoms with Crippen LogP contribution in [0.25, 0.3) is 31.2 Å². The second-order valence-electron chi connectivity index (χ2n) is 6.80. The molecule has 4 nitrogen and oxygen atoms in total. The van der Waals surface area contributed by atoms with Gasteiger partial charge in [0, 0.05) is 22.0 Å². The van der Waals surface area contributed by atoms with Crippen molar-refractivity contribution in [3.05, 3.63) is 52.7 Å². The SMILES string of the molecule is COc1ccc2c(=O)c3c(sc2c1)c1ccccc1n3CCCN(C)C.Cl. The molecule has 0 aliphatic rings. The van der Waals surface area contributed by atoms with Gasteiger partial charge in [0.2, 0.25) is 5.43 Å². The van der Waals surface area contributed by atoms with Crippen LogP contribution in [-0.2, 0) is 6.54 Å². The van der Waals surface area contributed by atoms with E-state index in [1.54, 1.807) is 18.4 Å². The zero-order valence-electron chi connectivity index (χ0n) is 15.7. The van der Waals surface area contributed by atoms with Crippen LogP contribution in [0.5, 0.6) is 5.75 Å². The summed E-state index contributed by atoms with van der Waals surface area (Å²) in [6.07, 6.45) is 1.01. The number of aromatic nitrogens is 1. The van der Waals surface area contributed by atoms with Crippen LogP contribution in [0.4, 0.5) is 0 Å². The largest absolute Gasteiger partial charge is 0.497 e. The third-order valence-corrected chi connectivity index (χ3v) is 5.95. The first-order valence-electron chi connectivity index (χ1n) is 8.76. The van der Waals surface area contributed by atoms with Gasteiger partial charge in [-0.1, -0.05) is 18.2 Å². The van der Waals surface area contributed by atoms with Crippen molar-refractivity contribution in [3.63, 3.8) is 0 Å². The number of benzene rings is 2. The number of rotatable bonds is 5. The van der Waals surface area contributed by atoms with Crippen molar-refractivity contribution in [1.82, 2.24) is 9.47 Å². The number of halogens is 1. The van der Waals surface area contributed by atoms with Crippen LogP contribution in [0.15, 0.2) is 47.3 Å². The number of aryl methyl sites for hydroxylation is 1. The lowest BCUT2D eigenvalue weighted by Gasteiger charge is -2.11. The number of ether oxygens (including phenoxy) is 1. The summed E-state index contributed by atoms with van der Waals surface area (Å²) < 4.78 is 9.58. The highest BCUT2D eigenvalue weighted by Gasteiger charge is 2.16. The molecule has 27 heavy (non-hydrogen) atoms. The van der Waals surface area contributed by atoms with E-state index in [9.17, 15) is 4.79 Å². The van der Waals surface area contributed by atoms with Crippen molar-refractivity contribution in [3.8, 4) is 5.75 Å². The number of hydrogen-bond donors (Lipinski definition) is 0. The highest BCUT2D eigenvalue weighted by Crippen LogP contribution is 2.34. The second kappa shape index (κ2) is 7.89. The molecule has 0 unspecified atom stereocenters. The van der Waals surface area contributed by atoms with Gasteiger partial charge in [-0.25, -0.2) is 0 Å². The number of hydrogen-bond acceptors (Lipinski definition) is 4. The van der Waals surface area contributed by atoms with Gasteiger partial charge >= 0.3 is 0 Å². The minimum atomic E-state index is 0. The molecule has 0 aliphatic carbocycles. The molecule has 0 amide bonds. The predicted molar refractivity (Wildman–Crippen MR) is 118 cm³/mol. The highest BCUT2D eigenvalue weighted by molar-refractivity contribution is 7.25. The lowest BCUT2D eigenvalue weighted by atomic mass is 10.2. The van der Waals surface area contributed by atoms with Crippen LogP contribution in [0.1, 0.15) is 6.42 Å². The molecule has 2 aromatic heterocycles. The minimum absolute atomic E-state index is 0. The Bertz CT molecular complexity index is 1160. The van der Waals surface area contributed by atoms with Crippen molar-refractivity contribution < 1.29 is 4.74 Å². The highest BCUT2D eigenvalue weighted by atomic mass is 35.5. The van der Waals surface area contributed by atoms with Gasteiger partial charge in [0.05, 0.1) is 17.3 Å². The zero-order chi connectivity index (χ0) is 18.3. The Morgan fingerprint density at radius 1 is 1.11 bits per heavy atom. The summed E-state index contributed by atoms with van der Waals surface area (Å²) in [5.74, 6) is 0.780. The first-order chi connectivity index (χ1) is 12.6. The lowest BCUT2D eigenvalue weighted by molar-refractivity contribution is 0.389. The maximum absolute atomic E-state index is 13.3. The number of fused-ring (bicyclic) bond motifs is 4. The molecule has 0 saturated heterocycles. The molecule has 0 aliphatic heterocycles. The molecule has 0 bridgehead atoms. The minimum Gasteiger partial charge on any atom is -0.497 e. The average Bonchev–Trinajstić information content (AvgIpc) is 2.95. The molecular formula is C21H23ClN2O2S.